The summed E-state index contributed by atoms with van der Waals surface area (Å²) in [6.45, 7) is 1.40. The van der Waals surface area contributed by atoms with Crippen LogP contribution in [0.15, 0.2) is 22.0 Å². The molecule has 7 heteroatoms. The smallest absolute Gasteiger partial charge is 0.332 e. The normalized spacial score (nSPS) is 16.4. The zero-order chi connectivity index (χ0) is 17.6. The fourth-order valence-electron chi connectivity index (χ4n) is 3.17. The third kappa shape index (κ3) is 4.54. The van der Waals surface area contributed by atoms with Crippen molar-refractivity contribution in [2.24, 2.45) is 7.05 Å². The molecule has 25 heavy (non-hydrogen) atoms. The SMILES string of the molecule is Cn1c(=O)n(CCCCCCCCCC2CO2)c(=O)c2nccnc21. The minimum absolute atomic E-state index is 0.254. The summed E-state index contributed by atoms with van der Waals surface area (Å²) < 4.78 is 7.88. The molecule has 1 fully saturated rings. The third-order valence-corrected chi connectivity index (χ3v) is 4.77. The maximum Gasteiger partial charge on any atom is 0.332 e. The zero-order valence-electron chi connectivity index (χ0n) is 14.8. The summed E-state index contributed by atoms with van der Waals surface area (Å²) in [4.78, 5) is 33.0. The van der Waals surface area contributed by atoms with E-state index < -0.39 is 0 Å². The second-order valence-electron chi connectivity index (χ2n) is 6.75. The van der Waals surface area contributed by atoms with Gasteiger partial charge in [0, 0.05) is 26.0 Å². The molecule has 1 saturated heterocycles. The molecule has 0 N–H and O–H groups in total. The highest BCUT2D eigenvalue weighted by molar-refractivity contribution is 5.67. The standard InChI is InChI=1S/C18H26N4O3/c1-21-16-15(19-10-11-20-16)17(23)22(18(21)24)12-8-6-4-2-3-5-7-9-14-13-25-14/h10-11,14H,2-9,12-13H2,1H3. The lowest BCUT2D eigenvalue weighted by atomic mass is 10.1. The summed E-state index contributed by atoms with van der Waals surface area (Å²) in [6.07, 6.45) is 12.7. The van der Waals surface area contributed by atoms with Crippen molar-refractivity contribution in [2.75, 3.05) is 6.61 Å². The highest BCUT2D eigenvalue weighted by atomic mass is 16.6. The van der Waals surface area contributed by atoms with Crippen molar-refractivity contribution in [3.8, 4) is 0 Å². The average molecular weight is 346 g/mol. The molecule has 1 atom stereocenters. The van der Waals surface area contributed by atoms with Crippen molar-refractivity contribution in [1.29, 1.82) is 0 Å². The van der Waals surface area contributed by atoms with Crippen LogP contribution < -0.4 is 11.2 Å². The lowest BCUT2D eigenvalue weighted by Gasteiger charge is -2.09. The van der Waals surface area contributed by atoms with E-state index in [0.29, 0.717) is 18.3 Å². The van der Waals surface area contributed by atoms with E-state index in [2.05, 4.69) is 9.97 Å². The third-order valence-electron chi connectivity index (χ3n) is 4.77. The molecule has 2 aromatic heterocycles. The number of epoxide rings is 1. The summed E-state index contributed by atoms with van der Waals surface area (Å²) >= 11 is 0. The van der Waals surface area contributed by atoms with Crippen LogP contribution in [-0.2, 0) is 18.3 Å². The molecule has 3 rings (SSSR count). The molecule has 3 heterocycles. The first-order valence-electron chi connectivity index (χ1n) is 9.20. The molecule has 1 aliphatic rings. The molecule has 0 aliphatic carbocycles. The van der Waals surface area contributed by atoms with E-state index in [1.165, 1.54) is 53.6 Å². The van der Waals surface area contributed by atoms with Gasteiger partial charge in [0.05, 0.1) is 12.7 Å². The van der Waals surface area contributed by atoms with Crippen LogP contribution >= 0.6 is 0 Å². The van der Waals surface area contributed by atoms with Crippen molar-refractivity contribution in [2.45, 2.75) is 64.0 Å². The summed E-state index contributed by atoms with van der Waals surface area (Å²) in [5, 5.41) is 0. The number of fused-ring (bicyclic) bond motifs is 1. The average Bonchev–Trinajstić information content (AvgIpc) is 3.45. The maximum absolute atomic E-state index is 12.4. The molecule has 7 nitrogen and oxygen atoms in total. The van der Waals surface area contributed by atoms with E-state index in [0.717, 1.165) is 25.9 Å². The van der Waals surface area contributed by atoms with Crippen LogP contribution in [0.5, 0.6) is 0 Å². The molecule has 136 valence electrons. The van der Waals surface area contributed by atoms with Gasteiger partial charge in [-0.05, 0) is 12.8 Å². The summed E-state index contributed by atoms with van der Waals surface area (Å²) in [5.74, 6) is 0. The van der Waals surface area contributed by atoms with Crippen LogP contribution in [0.25, 0.3) is 11.2 Å². The topological polar surface area (TPSA) is 82.3 Å². The number of rotatable bonds is 10. The van der Waals surface area contributed by atoms with Gasteiger partial charge in [0.2, 0.25) is 0 Å². The van der Waals surface area contributed by atoms with Gasteiger partial charge in [0.1, 0.15) is 0 Å². The van der Waals surface area contributed by atoms with E-state index in [1.807, 2.05) is 0 Å². The molecule has 0 radical (unpaired) electrons. The van der Waals surface area contributed by atoms with E-state index in [1.54, 1.807) is 7.05 Å². The highest BCUT2D eigenvalue weighted by Crippen LogP contribution is 2.18. The number of aryl methyl sites for hydroxylation is 1. The molecule has 0 bridgehead atoms. The van der Waals surface area contributed by atoms with Crippen LogP contribution in [0.1, 0.15) is 51.4 Å². The minimum atomic E-state index is -0.339. The second kappa shape index (κ2) is 8.38. The van der Waals surface area contributed by atoms with E-state index in [-0.39, 0.29) is 16.8 Å². The zero-order valence-corrected chi connectivity index (χ0v) is 14.8. The number of ether oxygens (including phenoxy) is 1. The monoisotopic (exact) mass is 346 g/mol. The number of hydrogen-bond acceptors (Lipinski definition) is 5. The van der Waals surface area contributed by atoms with Gasteiger partial charge in [-0.2, -0.15) is 0 Å². The van der Waals surface area contributed by atoms with Crippen LogP contribution in [-0.4, -0.2) is 31.8 Å². The molecule has 1 aliphatic heterocycles. The van der Waals surface area contributed by atoms with Crippen molar-refractivity contribution in [3.63, 3.8) is 0 Å². The van der Waals surface area contributed by atoms with Gasteiger partial charge in [-0.3, -0.25) is 13.9 Å². The molecular weight excluding hydrogens is 320 g/mol. The minimum Gasteiger partial charge on any atom is -0.373 e. The Morgan fingerprint density at radius 2 is 1.68 bits per heavy atom. The molecule has 0 saturated carbocycles. The number of hydrogen-bond donors (Lipinski definition) is 0. The lowest BCUT2D eigenvalue weighted by molar-refractivity contribution is 0.387. The predicted octanol–water partition coefficient (Wildman–Crippen LogP) is 2.01. The first-order valence-corrected chi connectivity index (χ1v) is 9.20. The Morgan fingerprint density at radius 1 is 1.04 bits per heavy atom. The van der Waals surface area contributed by atoms with Crippen molar-refractivity contribution in [1.82, 2.24) is 19.1 Å². The first kappa shape index (κ1) is 17.8. The lowest BCUT2D eigenvalue weighted by Crippen LogP contribution is -2.39. The summed E-state index contributed by atoms with van der Waals surface area (Å²) in [7, 11) is 1.63. The predicted molar refractivity (Wildman–Crippen MR) is 95.7 cm³/mol. The Labute approximate surface area is 146 Å². The maximum atomic E-state index is 12.4. The van der Waals surface area contributed by atoms with Crippen molar-refractivity contribution < 1.29 is 4.74 Å². The van der Waals surface area contributed by atoms with E-state index in [4.69, 9.17) is 4.74 Å². The Kier molecular flexibility index (Phi) is 5.96. The van der Waals surface area contributed by atoms with Gasteiger partial charge < -0.3 is 4.74 Å². The second-order valence-corrected chi connectivity index (χ2v) is 6.75. The molecule has 0 amide bonds. The van der Waals surface area contributed by atoms with Crippen molar-refractivity contribution in [3.05, 3.63) is 33.2 Å². The Morgan fingerprint density at radius 3 is 2.40 bits per heavy atom. The van der Waals surface area contributed by atoms with Crippen molar-refractivity contribution >= 4 is 11.2 Å². The van der Waals surface area contributed by atoms with Crippen LogP contribution in [0, 0.1) is 0 Å². The fraction of sp³-hybridized carbons (Fsp3) is 0.667. The molecule has 0 spiro atoms. The first-order chi connectivity index (χ1) is 12.2. The van der Waals surface area contributed by atoms with Gasteiger partial charge in [-0.15, -0.1) is 0 Å². The van der Waals surface area contributed by atoms with E-state index >= 15 is 0 Å². The van der Waals surface area contributed by atoms with Gasteiger partial charge in [-0.25, -0.2) is 14.8 Å². The largest absolute Gasteiger partial charge is 0.373 e. The number of aromatic nitrogens is 4. The summed E-state index contributed by atoms with van der Waals surface area (Å²) in [5.41, 5.74) is -0.0663. The summed E-state index contributed by atoms with van der Waals surface area (Å²) in [6, 6.07) is 0. The number of nitrogens with zero attached hydrogens (tertiary/aromatic N) is 4. The van der Waals surface area contributed by atoms with Crippen LogP contribution in [0.4, 0.5) is 0 Å². The Balaban J connectivity index is 1.45. The quantitative estimate of drug-likeness (QED) is 0.485. The van der Waals surface area contributed by atoms with E-state index in [9.17, 15) is 9.59 Å². The molecule has 0 aromatic carbocycles. The molecule has 2 aromatic rings. The van der Waals surface area contributed by atoms with Gasteiger partial charge in [0.25, 0.3) is 5.56 Å². The van der Waals surface area contributed by atoms with Gasteiger partial charge in [0.15, 0.2) is 11.2 Å². The number of unbranched alkanes of at least 4 members (excludes halogenated alkanes) is 6. The van der Waals surface area contributed by atoms with Crippen LogP contribution in [0.3, 0.4) is 0 Å². The molecular formula is C18H26N4O3. The van der Waals surface area contributed by atoms with Gasteiger partial charge >= 0.3 is 5.69 Å². The Hall–Kier alpha value is -2.02. The fourth-order valence-corrected chi connectivity index (χ4v) is 3.17. The van der Waals surface area contributed by atoms with Crippen LogP contribution in [0.2, 0.25) is 0 Å². The molecule has 1 unspecified atom stereocenters. The Bertz CT molecular complexity index is 823. The highest BCUT2D eigenvalue weighted by Gasteiger charge is 2.20. The van der Waals surface area contributed by atoms with Gasteiger partial charge in [-0.1, -0.05) is 38.5 Å².